The van der Waals surface area contributed by atoms with Crippen molar-refractivity contribution in [3.63, 3.8) is 0 Å². The highest BCUT2D eigenvalue weighted by Gasteiger charge is 2.28. The van der Waals surface area contributed by atoms with Crippen LogP contribution in [0.2, 0.25) is 0 Å². The van der Waals surface area contributed by atoms with E-state index in [9.17, 15) is 26.3 Å². The van der Waals surface area contributed by atoms with E-state index >= 15 is 0 Å². The zero-order chi connectivity index (χ0) is 28.1. The van der Waals surface area contributed by atoms with Gasteiger partial charge in [0, 0.05) is 28.9 Å². The van der Waals surface area contributed by atoms with Crippen LogP contribution in [0.5, 0.6) is 5.75 Å². The summed E-state index contributed by atoms with van der Waals surface area (Å²) in [4.78, 5) is 20.0. The maximum absolute atomic E-state index is 10.5. The largest absolute Gasteiger partial charge is 0.554 e. The fraction of sp³-hybridized carbons (Fsp3) is 0.524. The Morgan fingerprint density at radius 1 is 1.11 bits per heavy atom. The molecule has 208 valence electrons. The molecule has 0 bridgehead atoms. The predicted molar refractivity (Wildman–Crippen MR) is 117 cm³/mol. The standard InChI is InChI=1S/C17H27N3OS.C2HF3O2.CHF3.CH2O2/c1-14-12-15-13-16(4-5-17(15)22-14)21-11-10-20(8-2-6-18)9-3-7-19;3-2(4,5)1(6)7;2-1(3)4;2-1-3/h4-5,12-13H,2-3,6-11,18-19H2,1H3;(H,6,7);1H;1H,(H,2,3)/p+1. The number of thiophene rings is 1. The lowest BCUT2D eigenvalue weighted by atomic mass is 10.2. The van der Waals surface area contributed by atoms with E-state index in [0.29, 0.717) is 0 Å². The van der Waals surface area contributed by atoms with Crippen molar-refractivity contribution >= 4 is 33.9 Å². The Balaban J connectivity index is 0. The predicted octanol–water partition coefficient (Wildman–Crippen LogP) is -1.42. The molecule has 1 aromatic carbocycles. The number of nitrogens with one attached hydrogen (secondary N) is 1. The Kier molecular flexibility index (Phi) is 20.3. The zero-order valence-corrected chi connectivity index (χ0v) is 20.6. The molecule has 2 rings (SSSR count). The highest BCUT2D eigenvalue weighted by molar-refractivity contribution is 7.19. The Labute approximate surface area is 208 Å². The Morgan fingerprint density at radius 3 is 2.00 bits per heavy atom. The fourth-order valence-corrected chi connectivity index (χ4v) is 3.59. The third-order valence-electron chi connectivity index (χ3n) is 4.13. The minimum Gasteiger partial charge on any atom is -0.554 e. The number of ether oxygens (including phenoxy) is 1. The zero-order valence-electron chi connectivity index (χ0n) is 19.8. The second-order valence-corrected chi connectivity index (χ2v) is 8.24. The molecule has 2 aromatic rings. The van der Waals surface area contributed by atoms with Gasteiger partial charge in [0.1, 0.15) is 24.9 Å². The van der Waals surface area contributed by atoms with E-state index in [-0.39, 0.29) is 0 Å². The van der Waals surface area contributed by atoms with Gasteiger partial charge in [0.15, 0.2) is 0 Å². The van der Waals surface area contributed by atoms with E-state index in [1.807, 2.05) is 11.3 Å². The quantitative estimate of drug-likeness (QED) is 0.244. The Bertz CT molecular complexity index is 844. The molecule has 0 fully saturated rings. The number of fused-ring (bicyclic) bond motifs is 1. The van der Waals surface area contributed by atoms with Crippen LogP contribution in [0, 0.1) is 6.92 Å². The molecule has 0 spiro atoms. The number of quaternary nitrogens is 3. The van der Waals surface area contributed by atoms with Crippen LogP contribution in [0.1, 0.15) is 17.7 Å². The van der Waals surface area contributed by atoms with Gasteiger partial charge in [-0.1, -0.05) is 0 Å². The minimum absolute atomic E-state index is 0.500. The van der Waals surface area contributed by atoms with Crippen molar-refractivity contribution in [2.75, 3.05) is 39.3 Å². The topological polar surface area (TPSA) is 149 Å². The molecule has 0 aliphatic rings. The first-order valence-corrected chi connectivity index (χ1v) is 11.4. The van der Waals surface area contributed by atoms with Crippen LogP contribution < -0.4 is 31.3 Å². The molecule has 0 amide bonds. The van der Waals surface area contributed by atoms with Gasteiger partial charge >= 0.3 is 12.9 Å². The van der Waals surface area contributed by atoms with Gasteiger partial charge in [-0.25, -0.2) is 0 Å². The molecule has 1 aromatic heterocycles. The first-order valence-electron chi connectivity index (χ1n) is 10.6. The van der Waals surface area contributed by atoms with E-state index < -0.39 is 25.3 Å². The smallest absolute Gasteiger partial charge is 0.430 e. The van der Waals surface area contributed by atoms with Gasteiger partial charge in [-0.3, -0.25) is 0 Å². The van der Waals surface area contributed by atoms with Crippen LogP contribution in [-0.2, 0) is 9.59 Å². The monoisotopic (exact) mass is 552 g/mol. The molecular formula is C21H32F6N3O5S+. The lowest BCUT2D eigenvalue weighted by Gasteiger charge is -2.18. The molecule has 0 radical (unpaired) electrons. The van der Waals surface area contributed by atoms with Crippen molar-refractivity contribution in [1.82, 2.24) is 0 Å². The number of carboxylic acid groups (broad SMARTS) is 2. The van der Waals surface area contributed by atoms with Gasteiger partial charge in [-0.2, -0.15) is 26.3 Å². The number of benzene rings is 1. The summed E-state index contributed by atoms with van der Waals surface area (Å²) in [5.41, 5.74) is 7.88. The lowest BCUT2D eigenvalue weighted by molar-refractivity contribution is -0.901. The van der Waals surface area contributed by atoms with Crippen LogP contribution in [0.3, 0.4) is 0 Å². The van der Waals surface area contributed by atoms with E-state index in [1.54, 1.807) is 4.90 Å². The van der Waals surface area contributed by atoms with Crippen molar-refractivity contribution in [2.24, 2.45) is 0 Å². The minimum atomic E-state index is -5.19. The molecule has 0 aliphatic heterocycles. The van der Waals surface area contributed by atoms with Gasteiger partial charge in [0.05, 0.1) is 26.2 Å². The van der Waals surface area contributed by atoms with Gasteiger partial charge in [0.25, 0.3) is 0 Å². The van der Waals surface area contributed by atoms with E-state index in [4.69, 9.17) is 24.5 Å². The maximum atomic E-state index is 10.5. The normalized spacial score (nSPS) is 10.5. The van der Waals surface area contributed by atoms with Gasteiger partial charge in [0.2, 0.25) is 0 Å². The summed E-state index contributed by atoms with van der Waals surface area (Å²) in [6.07, 6.45) is -2.82. The van der Waals surface area contributed by atoms with Crippen LogP contribution >= 0.6 is 11.3 Å². The maximum Gasteiger partial charge on any atom is 0.430 e. The van der Waals surface area contributed by atoms with E-state index in [0.717, 1.165) is 32.0 Å². The Morgan fingerprint density at radius 2 is 1.58 bits per heavy atom. The molecule has 0 saturated heterocycles. The van der Waals surface area contributed by atoms with Crippen molar-refractivity contribution in [3.8, 4) is 5.75 Å². The van der Waals surface area contributed by atoms with Crippen molar-refractivity contribution in [3.05, 3.63) is 29.1 Å². The van der Waals surface area contributed by atoms with Gasteiger partial charge in [-0.05, 0) is 36.6 Å². The van der Waals surface area contributed by atoms with Gasteiger partial charge < -0.3 is 40.9 Å². The Hall–Kier alpha value is -2.62. The summed E-state index contributed by atoms with van der Waals surface area (Å²) in [5, 5.41) is 18.3. The first-order chi connectivity index (χ1) is 16.8. The van der Waals surface area contributed by atoms with Crippen LogP contribution in [0.25, 0.3) is 10.1 Å². The van der Waals surface area contributed by atoms with Crippen LogP contribution in [0.15, 0.2) is 24.3 Å². The molecule has 1 heterocycles. The molecule has 15 heteroatoms. The number of aliphatic carboxylic acids is 1. The summed E-state index contributed by atoms with van der Waals surface area (Å²) in [6.45, 7) is 4.23. The average Bonchev–Trinajstić information content (AvgIpc) is 3.14. The third kappa shape index (κ3) is 19.7. The van der Waals surface area contributed by atoms with Crippen molar-refractivity contribution < 1.29 is 67.2 Å². The van der Waals surface area contributed by atoms with Gasteiger partial charge in [-0.15, -0.1) is 11.3 Å². The summed E-state index contributed by atoms with van der Waals surface area (Å²) < 4.78 is 67.9. The molecule has 0 aliphatic carbocycles. The molecular weight excluding hydrogens is 520 g/mol. The van der Waals surface area contributed by atoms with E-state index in [1.165, 1.54) is 40.9 Å². The SMILES string of the molecule is Cc1cc2cc(OCC[NH+](CCC[NH3+])CCC[NH3+])ccc2s1.FC(F)F.O=C([O-])C(F)(F)F.O=C[O-]. The van der Waals surface area contributed by atoms with Crippen LogP contribution in [-0.4, -0.2) is 64.6 Å². The summed E-state index contributed by atoms with van der Waals surface area (Å²) in [6, 6.07) is 8.64. The van der Waals surface area contributed by atoms with Crippen molar-refractivity contribution in [2.45, 2.75) is 32.6 Å². The second-order valence-electron chi connectivity index (χ2n) is 6.95. The van der Waals surface area contributed by atoms with E-state index in [2.05, 4.69) is 42.7 Å². The number of hydrogen-bond donors (Lipinski definition) is 3. The highest BCUT2D eigenvalue weighted by Crippen LogP contribution is 2.28. The molecule has 0 atom stereocenters. The summed E-state index contributed by atoms with van der Waals surface area (Å²) in [5.74, 6) is -2.02. The lowest BCUT2D eigenvalue weighted by Crippen LogP contribution is -3.13. The first kappa shape index (κ1) is 35.5. The number of carbonyl (C=O) groups is 2. The fourth-order valence-electron chi connectivity index (χ4n) is 2.68. The third-order valence-corrected chi connectivity index (χ3v) is 5.16. The molecule has 8 nitrogen and oxygen atoms in total. The highest BCUT2D eigenvalue weighted by atomic mass is 32.1. The summed E-state index contributed by atoms with van der Waals surface area (Å²) in [7, 11) is 0. The molecule has 0 unspecified atom stereocenters. The number of rotatable bonds is 10. The average molecular weight is 553 g/mol. The van der Waals surface area contributed by atoms with Crippen molar-refractivity contribution in [1.29, 1.82) is 0 Å². The molecule has 36 heavy (non-hydrogen) atoms. The molecule has 7 N–H and O–H groups in total. The number of halogens is 6. The number of carbonyl (C=O) groups excluding carboxylic acids is 2. The molecule has 0 saturated carbocycles. The van der Waals surface area contributed by atoms with Crippen LogP contribution in [0.4, 0.5) is 26.3 Å². The number of alkyl halides is 6. The number of carboxylic acids is 1. The number of hydrogen-bond acceptors (Lipinski definition) is 6. The number of aryl methyl sites for hydroxylation is 1. The second kappa shape index (κ2) is 20.6. The summed E-state index contributed by atoms with van der Waals surface area (Å²) >= 11 is 1.84.